The quantitative estimate of drug-likeness (QED) is 0.504. The molecule has 0 radical (unpaired) electrons. The van der Waals surface area contributed by atoms with Crippen LogP contribution in [0.3, 0.4) is 0 Å². The predicted molar refractivity (Wildman–Crippen MR) is 112 cm³/mol. The zero-order chi connectivity index (χ0) is 20.6. The molecule has 0 aromatic heterocycles. The Kier molecular flexibility index (Phi) is 6.51. The summed E-state index contributed by atoms with van der Waals surface area (Å²) in [7, 11) is -3.77. The van der Waals surface area contributed by atoms with Gasteiger partial charge in [-0.3, -0.25) is 15.0 Å². The second kappa shape index (κ2) is 8.76. The second-order valence-corrected chi connectivity index (χ2v) is 9.01. The minimum Gasteiger partial charge on any atom is -0.454 e. The Labute approximate surface area is 180 Å². The highest BCUT2D eigenvalue weighted by atomic mass is 35.5. The van der Waals surface area contributed by atoms with E-state index >= 15 is 0 Å². The maximum Gasteiger partial charge on any atom is 0.273 e. The van der Waals surface area contributed by atoms with E-state index in [1.165, 1.54) is 16.4 Å². The van der Waals surface area contributed by atoms with E-state index in [1.54, 1.807) is 6.92 Å². The number of halogens is 1. The Morgan fingerprint density at radius 3 is 2.43 bits per heavy atom. The summed E-state index contributed by atoms with van der Waals surface area (Å²) in [5, 5.41) is 11.1. The number of nitro groups is 1. The van der Waals surface area contributed by atoms with Crippen LogP contribution in [0.2, 0.25) is 0 Å². The molecule has 0 N–H and O–H groups in total. The summed E-state index contributed by atoms with van der Waals surface area (Å²) in [5.41, 5.74) is 1.31. The third kappa shape index (κ3) is 4.36. The van der Waals surface area contributed by atoms with Crippen LogP contribution in [0.25, 0.3) is 0 Å². The van der Waals surface area contributed by atoms with Crippen molar-refractivity contribution < 1.29 is 22.8 Å². The monoisotopic (exact) mass is 455 g/mol. The average Bonchev–Trinajstić information content (AvgIpc) is 3.16. The first-order chi connectivity index (χ1) is 13.8. The standard InChI is InChI=1S/C19H21N3O6S.ClH/c1-14-2-4-16(11-17(14)22(23)24)29(25,26)21-8-6-20(7-9-21)12-15-3-5-18-19(10-15)28-13-27-18;/h2-5,10-11H,6-9,12-13H2,1H3;1H. The van der Waals surface area contributed by atoms with E-state index in [4.69, 9.17) is 9.47 Å². The largest absolute Gasteiger partial charge is 0.454 e. The van der Waals surface area contributed by atoms with Gasteiger partial charge in [-0.25, -0.2) is 8.42 Å². The molecule has 30 heavy (non-hydrogen) atoms. The van der Waals surface area contributed by atoms with Gasteiger partial charge in [0.15, 0.2) is 11.5 Å². The third-order valence-electron chi connectivity index (χ3n) is 5.19. The molecular weight excluding hydrogens is 434 g/mol. The van der Waals surface area contributed by atoms with Crippen LogP contribution in [0.5, 0.6) is 11.5 Å². The smallest absolute Gasteiger partial charge is 0.273 e. The Bertz CT molecular complexity index is 1050. The topological polar surface area (TPSA) is 102 Å². The lowest BCUT2D eigenvalue weighted by molar-refractivity contribution is -0.385. The molecular formula is C19H22ClN3O6S. The number of hydrogen-bond donors (Lipinski definition) is 0. The molecule has 0 spiro atoms. The summed E-state index contributed by atoms with van der Waals surface area (Å²) in [5.74, 6) is 1.46. The van der Waals surface area contributed by atoms with E-state index in [9.17, 15) is 18.5 Å². The summed E-state index contributed by atoms with van der Waals surface area (Å²) in [6.45, 7) is 4.29. The van der Waals surface area contributed by atoms with Crippen molar-refractivity contribution in [3.05, 3.63) is 57.6 Å². The predicted octanol–water partition coefficient (Wildman–Crippen LogP) is 2.56. The molecule has 1 saturated heterocycles. The normalized spacial score (nSPS) is 16.8. The van der Waals surface area contributed by atoms with Gasteiger partial charge in [0.05, 0.1) is 9.82 Å². The van der Waals surface area contributed by atoms with E-state index in [1.807, 2.05) is 18.2 Å². The highest BCUT2D eigenvalue weighted by molar-refractivity contribution is 7.89. The number of benzene rings is 2. The SMILES string of the molecule is Cc1ccc(S(=O)(=O)N2CCN(Cc3ccc4c(c3)OCO4)CC2)cc1[N+](=O)[O-].Cl. The summed E-state index contributed by atoms with van der Waals surface area (Å²) >= 11 is 0. The Balaban J connectivity index is 0.00000256. The lowest BCUT2D eigenvalue weighted by Crippen LogP contribution is -2.48. The van der Waals surface area contributed by atoms with Gasteiger partial charge in [0.1, 0.15) is 0 Å². The van der Waals surface area contributed by atoms with Gasteiger partial charge in [-0.1, -0.05) is 12.1 Å². The van der Waals surface area contributed by atoms with Crippen molar-refractivity contribution in [2.45, 2.75) is 18.4 Å². The van der Waals surface area contributed by atoms with E-state index < -0.39 is 14.9 Å². The van der Waals surface area contributed by atoms with Crippen LogP contribution in [0.4, 0.5) is 5.69 Å². The van der Waals surface area contributed by atoms with Crippen LogP contribution in [0.15, 0.2) is 41.3 Å². The first-order valence-corrected chi connectivity index (χ1v) is 10.6. The van der Waals surface area contributed by atoms with Gasteiger partial charge in [-0.15, -0.1) is 12.4 Å². The highest BCUT2D eigenvalue weighted by Gasteiger charge is 2.30. The zero-order valence-corrected chi connectivity index (χ0v) is 17.9. The number of piperazine rings is 1. The van der Waals surface area contributed by atoms with Gasteiger partial charge in [0, 0.05) is 44.4 Å². The van der Waals surface area contributed by atoms with Crippen molar-refractivity contribution in [2.75, 3.05) is 33.0 Å². The van der Waals surface area contributed by atoms with Crippen LogP contribution < -0.4 is 9.47 Å². The molecule has 162 valence electrons. The molecule has 2 aliphatic heterocycles. The van der Waals surface area contributed by atoms with Gasteiger partial charge in [-0.2, -0.15) is 4.31 Å². The minimum atomic E-state index is -3.77. The molecule has 2 heterocycles. The molecule has 2 aromatic rings. The van der Waals surface area contributed by atoms with E-state index in [-0.39, 0.29) is 29.8 Å². The fourth-order valence-corrected chi connectivity index (χ4v) is 4.96. The Hall–Kier alpha value is -2.40. The van der Waals surface area contributed by atoms with Gasteiger partial charge < -0.3 is 9.47 Å². The molecule has 9 nitrogen and oxygen atoms in total. The zero-order valence-electron chi connectivity index (χ0n) is 16.3. The number of aryl methyl sites for hydroxylation is 1. The number of fused-ring (bicyclic) bond motifs is 1. The number of nitro benzene ring substituents is 1. The summed E-state index contributed by atoms with van der Waals surface area (Å²) < 4.78 is 37.9. The lowest BCUT2D eigenvalue weighted by Gasteiger charge is -2.34. The van der Waals surface area contributed by atoms with Crippen LogP contribution in [0, 0.1) is 17.0 Å². The molecule has 0 bridgehead atoms. The van der Waals surface area contributed by atoms with Crippen molar-refractivity contribution in [1.82, 2.24) is 9.21 Å². The molecule has 0 saturated carbocycles. The van der Waals surface area contributed by atoms with Crippen molar-refractivity contribution >= 4 is 28.1 Å². The van der Waals surface area contributed by atoms with Crippen LogP contribution in [-0.4, -0.2) is 55.5 Å². The average molecular weight is 456 g/mol. The third-order valence-corrected chi connectivity index (χ3v) is 7.08. The molecule has 0 amide bonds. The summed E-state index contributed by atoms with van der Waals surface area (Å²) in [6.07, 6.45) is 0. The Morgan fingerprint density at radius 2 is 1.73 bits per heavy atom. The molecule has 0 unspecified atom stereocenters. The van der Waals surface area contributed by atoms with Crippen molar-refractivity contribution in [1.29, 1.82) is 0 Å². The fraction of sp³-hybridized carbons (Fsp3) is 0.368. The van der Waals surface area contributed by atoms with E-state index in [2.05, 4.69) is 4.90 Å². The lowest BCUT2D eigenvalue weighted by atomic mass is 10.2. The molecule has 4 rings (SSSR count). The second-order valence-electron chi connectivity index (χ2n) is 7.07. The molecule has 0 atom stereocenters. The van der Waals surface area contributed by atoms with Crippen molar-refractivity contribution in [2.24, 2.45) is 0 Å². The van der Waals surface area contributed by atoms with Gasteiger partial charge in [0.25, 0.3) is 5.69 Å². The van der Waals surface area contributed by atoms with Crippen LogP contribution in [-0.2, 0) is 16.6 Å². The van der Waals surface area contributed by atoms with Gasteiger partial charge in [0.2, 0.25) is 16.8 Å². The fourth-order valence-electron chi connectivity index (χ4n) is 3.52. The highest BCUT2D eigenvalue weighted by Crippen LogP contribution is 2.33. The van der Waals surface area contributed by atoms with Crippen molar-refractivity contribution in [3.8, 4) is 11.5 Å². The van der Waals surface area contributed by atoms with Gasteiger partial charge >= 0.3 is 0 Å². The van der Waals surface area contributed by atoms with Gasteiger partial charge in [-0.05, 0) is 30.7 Å². The summed E-state index contributed by atoms with van der Waals surface area (Å²) in [4.78, 5) is 12.7. The molecule has 2 aromatic carbocycles. The molecule has 11 heteroatoms. The van der Waals surface area contributed by atoms with E-state index in [0.29, 0.717) is 38.3 Å². The Morgan fingerprint density at radius 1 is 1.03 bits per heavy atom. The minimum absolute atomic E-state index is 0. The molecule has 2 aliphatic rings. The number of sulfonamides is 1. The first-order valence-electron chi connectivity index (χ1n) is 9.21. The number of hydrogen-bond acceptors (Lipinski definition) is 7. The number of ether oxygens (including phenoxy) is 2. The first kappa shape index (κ1) is 22.3. The number of nitrogens with zero attached hydrogens (tertiary/aromatic N) is 3. The molecule has 1 fully saturated rings. The summed E-state index contributed by atoms with van der Waals surface area (Å²) in [6, 6.07) is 9.84. The maximum atomic E-state index is 12.9. The van der Waals surface area contributed by atoms with E-state index in [0.717, 1.165) is 23.1 Å². The van der Waals surface area contributed by atoms with Crippen LogP contribution in [0.1, 0.15) is 11.1 Å². The number of rotatable bonds is 5. The van der Waals surface area contributed by atoms with Crippen LogP contribution >= 0.6 is 12.4 Å². The molecule has 0 aliphatic carbocycles. The van der Waals surface area contributed by atoms with Crippen molar-refractivity contribution in [3.63, 3.8) is 0 Å². The maximum absolute atomic E-state index is 12.9.